The Hall–Kier alpha value is -0.370. The van der Waals surface area contributed by atoms with E-state index in [0.29, 0.717) is 28.6 Å². The molecule has 0 radical (unpaired) electrons. The molecule has 1 fully saturated rings. The van der Waals surface area contributed by atoms with Gasteiger partial charge >= 0.3 is 0 Å². The standard InChI is InChI=1S/C12H15Cl2NO4S/c13-11-2-1-3-12(14)10(11)7-20(16,17)15-6-9-4-5-18-8-19-9/h1-3,9,15H,4-8H2/t9-/m0/s1. The molecule has 0 unspecified atom stereocenters. The summed E-state index contributed by atoms with van der Waals surface area (Å²) in [6.07, 6.45) is 0.496. The van der Waals surface area contributed by atoms with E-state index in [1.54, 1.807) is 18.2 Å². The first-order valence-electron chi connectivity index (χ1n) is 6.07. The van der Waals surface area contributed by atoms with Crippen LogP contribution in [0.1, 0.15) is 12.0 Å². The number of ether oxygens (including phenoxy) is 2. The van der Waals surface area contributed by atoms with Gasteiger partial charge in [-0.05, 0) is 18.6 Å². The van der Waals surface area contributed by atoms with Gasteiger partial charge in [-0.15, -0.1) is 0 Å². The predicted octanol–water partition coefficient (Wildman–Crippen LogP) is 2.18. The monoisotopic (exact) mass is 339 g/mol. The number of benzene rings is 1. The molecule has 1 N–H and O–H groups in total. The molecular formula is C12H15Cl2NO4S. The van der Waals surface area contributed by atoms with Crippen LogP contribution in [0, 0.1) is 0 Å². The zero-order valence-corrected chi connectivity index (χ0v) is 13.0. The van der Waals surface area contributed by atoms with Crippen LogP contribution < -0.4 is 4.72 Å². The fraction of sp³-hybridized carbons (Fsp3) is 0.500. The van der Waals surface area contributed by atoms with Crippen molar-refractivity contribution in [2.75, 3.05) is 19.9 Å². The molecule has 1 atom stereocenters. The summed E-state index contributed by atoms with van der Waals surface area (Å²) >= 11 is 11.9. The minimum absolute atomic E-state index is 0.166. The van der Waals surface area contributed by atoms with Gasteiger partial charge in [0.2, 0.25) is 10.0 Å². The highest BCUT2D eigenvalue weighted by atomic mass is 35.5. The van der Waals surface area contributed by atoms with Crippen molar-refractivity contribution in [2.45, 2.75) is 18.3 Å². The van der Waals surface area contributed by atoms with Gasteiger partial charge in [0.05, 0.1) is 18.5 Å². The van der Waals surface area contributed by atoms with Crippen LogP contribution in [0.4, 0.5) is 0 Å². The summed E-state index contributed by atoms with van der Waals surface area (Å²) in [6.45, 7) is 0.985. The van der Waals surface area contributed by atoms with Crippen molar-refractivity contribution in [1.29, 1.82) is 0 Å². The van der Waals surface area contributed by atoms with Gasteiger partial charge in [-0.25, -0.2) is 13.1 Å². The SMILES string of the molecule is O=S(=O)(Cc1c(Cl)cccc1Cl)NC[C@@H]1CCOCO1. The van der Waals surface area contributed by atoms with E-state index in [1.807, 2.05) is 0 Å². The van der Waals surface area contributed by atoms with Crippen molar-refractivity contribution in [1.82, 2.24) is 4.72 Å². The third kappa shape index (κ3) is 4.58. The van der Waals surface area contributed by atoms with E-state index >= 15 is 0 Å². The average molecular weight is 340 g/mol. The van der Waals surface area contributed by atoms with Crippen LogP contribution in [0.25, 0.3) is 0 Å². The first kappa shape index (κ1) is 16.0. The average Bonchev–Trinajstić information content (AvgIpc) is 2.42. The molecule has 1 aliphatic rings. The van der Waals surface area contributed by atoms with Crippen LogP contribution in [0.5, 0.6) is 0 Å². The maximum absolute atomic E-state index is 12.0. The number of hydrogen-bond acceptors (Lipinski definition) is 4. The molecule has 0 spiro atoms. The molecule has 1 saturated heterocycles. The van der Waals surface area contributed by atoms with Crippen LogP contribution in [-0.4, -0.2) is 34.5 Å². The van der Waals surface area contributed by atoms with Crippen molar-refractivity contribution in [3.8, 4) is 0 Å². The molecule has 1 aliphatic heterocycles. The van der Waals surface area contributed by atoms with Crippen LogP contribution in [-0.2, 0) is 25.2 Å². The minimum atomic E-state index is -3.52. The molecule has 0 amide bonds. The molecule has 1 aromatic rings. The Morgan fingerprint density at radius 3 is 2.60 bits per heavy atom. The van der Waals surface area contributed by atoms with Crippen molar-refractivity contribution in [3.63, 3.8) is 0 Å². The van der Waals surface area contributed by atoms with Crippen LogP contribution in [0.15, 0.2) is 18.2 Å². The van der Waals surface area contributed by atoms with Crippen LogP contribution in [0.2, 0.25) is 10.0 Å². The second-order valence-electron chi connectivity index (χ2n) is 4.41. The zero-order valence-electron chi connectivity index (χ0n) is 10.6. The lowest BCUT2D eigenvalue weighted by atomic mass is 10.2. The lowest BCUT2D eigenvalue weighted by Crippen LogP contribution is -2.37. The maximum Gasteiger partial charge on any atom is 0.215 e. The Labute approximate surface area is 128 Å². The largest absolute Gasteiger partial charge is 0.355 e. The molecule has 112 valence electrons. The van der Waals surface area contributed by atoms with Gasteiger partial charge in [-0.2, -0.15) is 0 Å². The molecule has 2 rings (SSSR count). The molecule has 8 heteroatoms. The molecule has 20 heavy (non-hydrogen) atoms. The Morgan fingerprint density at radius 2 is 2.00 bits per heavy atom. The Kier molecular flexibility index (Phi) is 5.65. The second-order valence-corrected chi connectivity index (χ2v) is 7.03. The van der Waals surface area contributed by atoms with E-state index in [1.165, 1.54) is 0 Å². The summed E-state index contributed by atoms with van der Waals surface area (Å²) in [5.41, 5.74) is 0.399. The fourth-order valence-corrected chi connectivity index (χ4v) is 3.72. The lowest BCUT2D eigenvalue weighted by molar-refractivity contribution is -0.136. The van der Waals surface area contributed by atoms with Gasteiger partial charge < -0.3 is 9.47 Å². The van der Waals surface area contributed by atoms with Crippen molar-refractivity contribution >= 4 is 33.2 Å². The number of sulfonamides is 1. The van der Waals surface area contributed by atoms with Gasteiger partial charge in [0.1, 0.15) is 6.79 Å². The first-order chi connectivity index (χ1) is 9.48. The van der Waals surface area contributed by atoms with Gasteiger partial charge in [-0.3, -0.25) is 0 Å². The topological polar surface area (TPSA) is 64.6 Å². The Morgan fingerprint density at radius 1 is 1.30 bits per heavy atom. The molecule has 0 aromatic heterocycles. The third-order valence-corrected chi connectivity index (χ3v) is 4.88. The highest BCUT2D eigenvalue weighted by Crippen LogP contribution is 2.25. The molecular weight excluding hydrogens is 325 g/mol. The van der Waals surface area contributed by atoms with Crippen molar-refractivity contribution in [2.24, 2.45) is 0 Å². The normalized spacial score (nSPS) is 20.0. The molecule has 0 aliphatic carbocycles. The van der Waals surface area contributed by atoms with E-state index in [2.05, 4.69) is 4.72 Å². The summed E-state index contributed by atoms with van der Waals surface area (Å²) in [6, 6.07) is 4.89. The summed E-state index contributed by atoms with van der Waals surface area (Å²) in [5, 5.41) is 0.676. The van der Waals surface area contributed by atoms with Gasteiger partial charge in [-0.1, -0.05) is 29.3 Å². The molecule has 1 aromatic carbocycles. The second kappa shape index (κ2) is 7.06. The zero-order chi connectivity index (χ0) is 14.6. The highest BCUT2D eigenvalue weighted by molar-refractivity contribution is 7.88. The molecule has 5 nitrogen and oxygen atoms in total. The van der Waals surface area contributed by atoms with Gasteiger partial charge in [0.25, 0.3) is 0 Å². The van der Waals surface area contributed by atoms with Crippen LogP contribution in [0.3, 0.4) is 0 Å². The first-order valence-corrected chi connectivity index (χ1v) is 8.48. The molecule has 0 saturated carbocycles. The number of halogens is 2. The van der Waals surface area contributed by atoms with Crippen molar-refractivity contribution < 1.29 is 17.9 Å². The summed E-state index contributed by atoms with van der Waals surface area (Å²) in [7, 11) is -3.52. The van der Waals surface area contributed by atoms with Crippen LogP contribution >= 0.6 is 23.2 Å². The lowest BCUT2D eigenvalue weighted by Gasteiger charge is -2.22. The highest BCUT2D eigenvalue weighted by Gasteiger charge is 2.20. The van der Waals surface area contributed by atoms with E-state index in [9.17, 15) is 8.42 Å². The Bertz CT molecular complexity index is 538. The van der Waals surface area contributed by atoms with Gasteiger partial charge in [0.15, 0.2) is 0 Å². The quantitative estimate of drug-likeness (QED) is 0.892. The van der Waals surface area contributed by atoms with E-state index < -0.39 is 10.0 Å². The predicted molar refractivity (Wildman–Crippen MR) is 77.4 cm³/mol. The van der Waals surface area contributed by atoms with E-state index in [-0.39, 0.29) is 25.2 Å². The summed E-state index contributed by atoms with van der Waals surface area (Å²) in [5.74, 6) is -0.255. The van der Waals surface area contributed by atoms with Crippen molar-refractivity contribution in [3.05, 3.63) is 33.8 Å². The minimum Gasteiger partial charge on any atom is -0.355 e. The number of rotatable bonds is 5. The van der Waals surface area contributed by atoms with E-state index in [0.717, 1.165) is 0 Å². The Balaban J connectivity index is 1.96. The maximum atomic E-state index is 12.0. The number of nitrogens with one attached hydrogen (secondary N) is 1. The fourth-order valence-electron chi connectivity index (χ4n) is 1.79. The molecule has 1 heterocycles. The smallest absolute Gasteiger partial charge is 0.215 e. The third-order valence-electron chi connectivity index (χ3n) is 2.90. The number of hydrogen-bond donors (Lipinski definition) is 1. The van der Waals surface area contributed by atoms with E-state index in [4.69, 9.17) is 32.7 Å². The summed E-state index contributed by atoms with van der Waals surface area (Å²) in [4.78, 5) is 0. The summed E-state index contributed by atoms with van der Waals surface area (Å²) < 4.78 is 36.9. The molecule has 0 bridgehead atoms. The van der Waals surface area contributed by atoms with Gasteiger partial charge in [0, 0.05) is 22.2 Å².